The molecule has 0 aromatic carbocycles. The number of hydrogen-bond acceptors (Lipinski definition) is 12. The first-order valence-electron chi connectivity index (χ1n) is 21.5. The lowest BCUT2D eigenvalue weighted by atomic mass is 10.1. The Balaban J connectivity index is 1.13. The molecule has 6 atom stereocenters. The van der Waals surface area contributed by atoms with Crippen molar-refractivity contribution in [3.63, 3.8) is 0 Å². The molecule has 5 aliphatic rings. The van der Waals surface area contributed by atoms with Gasteiger partial charge in [-0.3, -0.25) is 47.9 Å². The SMILES string of the molecule is NCCCC[C@H](NC(=O)CNC(=O)[C@@H]1CCCN1C(=O)[C@@H]1CCCN1C(=O)CN)C(=O)N1CCC[C@H]1C(=O)NCC(=O)N1CCC[C@H]1C(=O)N1CCC[C@H]1C(=O)NCC(=O)O. The van der Waals surface area contributed by atoms with Gasteiger partial charge in [0.1, 0.15) is 42.8 Å². The van der Waals surface area contributed by atoms with Gasteiger partial charge in [0.15, 0.2) is 0 Å². The third kappa shape index (κ3) is 11.5. The van der Waals surface area contributed by atoms with E-state index in [9.17, 15) is 47.9 Å². The zero-order valence-corrected chi connectivity index (χ0v) is 34.6. The Morgan fingerprint density at radius 3 is 1.44 bits per heavy atom. The minimum atomic E-state index is -1.21. The maximum absolute atomic E-state index is 14.0. The summed E-state index contributed by atoms with van der Waals surface area (Å²) in [7, 11) is 0. The van der Waals surface area contributed by atoms with Crippen molar-refractivity contribution in [3.05, 3.63) is 0 Å². The number of carbonyl (C=O) groups excluding carboxylic acids is 9. The van der Waals surface area contributed by atoms with Crippen LogP contribution in [0.4, 0.5) is 0 Å². The zero-order valence-electron chi connectivity index (χ0n) is 34.6. The fraction of sp³-hybridized carbons (Fsp3) is 0.744. The van der Waals surface area contributed by atoms with Gasteiger partial charge in [-0.2, -0.15) is 0 Å². The second kappa shape index (κ2) is 21.9. The molecule has 5 saturated heterocycles. The lowest BCUT2D eigenvalue weighted by Gasteiger charge is -2.31. The highest BCUT2D eigenvalue weighted by molar-refractivity contribution is 5.97. The van der Waals surface area contributed by atoms with Crippen molar-refractivity contribution >= 4 is 59.1 Å². The van der Waals surface area contributed by atoms with Crippen LogP contribution in [-0.2, 0) is 47.9 Å². The van der Waals surface area contributed by atoms with Crippen LogP contribution in [0.5, 0.6) is 0 Å². The topological polar surface area (TPSA) is 307 Å². The molecule has 5 heterocycles. The molecule has 5 rings (SSSR count). The summed E-state index contributed by atoms with van der Waals surface area (Å²) in [5.41, 5.74) is 11.2. The van der Waals surface area contributed by atoms with Crippen molar-refractivity contribution in [1.82, 2.24) is 45.8 Å². The first-order valence-corrected chi connectivity index (χ1v) is 21.5. The Kier molecular flexibility index (Phi) is 16.8. The second-order valence-electron chi connectivity index (χ2n) is 16.2. The van der Waals surface area contributed by atoms with Crippen LogP contribution in [0.15, 0.2) is 0 Å². The Hall–Kier alpha value is -5.38. The van der Waals surface area contributed by atoms with E-state index in [1.54, 1.807) is 0 Å². The van der Waals surface area contributed by atoms with Crippen LogP contribution >= 0.6 is 0 Å². The number of nitrogens with two attached hydrogens (primary N) is 2. The van der Waals surface area contributed by atoms with E-state index in [1.165, 1.54) is 24.5 Å². The predicted octanol–water partition coefficient (Wildman–Crippen LogP) is -4.05. The number of aliphatic carboxylic acids is 1. The molecule has 0 aromatic rings. The Morgan fingerprint density at radius 1 is 0.525 bits per heavy atom. The first-order chi connectivity index (χ1) is 29.3. The van der Waals surface area contributed by atoms with Crippen LogP contribution in [0, 0.1) is 0 Å². The fourth-order valence-corrected chi connectivity index (χ4v) is 9.20. The monoisotopic (exact) mass is 859 g/mol. The average molecular weight is 860 g/mol. The largest absolute Gasteiger partial charge is 0.480 e. The highest BCUT2D eigenvalue weighted by atomic mass is 16.4. The van der Waals surface area contributed by atoms with E-state index < -0.39 is 103 Å². The summed E-state index contributed by atoms with van der Waals surface area (Å²) in [5, 5.41) is 19.2. The molecule has 9 N–H and O–H groups in total. The molecule has 5 fully saturated rings. The van der Waals surface area contributed by atoms with Crippen molar-refractivity contribution in [2.24, 2.45) is 11.5 Å². The normalized spacial score (nSPS) is 24.1. The molecule has 0 spiro atoms. The number of nitrogens with one attached hydrogen (secondary N) is 4. The number of nitrogens with zero attached hydrogens (tertiary/aromatic N) is 5. The van der Waals surface area contributed by atoms with E-state index in [2.05, 4.69) is 21.3 Å². The van der Waals surface area contributed by atoms with Crippen LogP contribution < -0.4 is 32.7 Å². The van der Waals surface area contributed by atoms with Crippen molar-refractivity contribution in [2.75, 3.05) is 65.4 Å². The first kappa shape index (κ1) is 46.7. The van der Waals surface area contributed by atoms with Gasteiger partial charge >= 0.3 is 5.97 Å². The van der Waals surface area contributed by atoms with Crippen LogP contribution in [0.1, 0.15) is 83.5 Å². The van der Waals surface area contributed by atoms with Gasteiger partial charge in [0.2, 0.25) is 53.2 Å². The highest BCUT2D eigenvalue weighted by Gasteiger charge is 2.44. The van der Waals surface area contributed by atoms with Crippen LogP contribution in [0.2, 0.25) is 0 Å². The Labute approximate surface area is 354 Å². The standard InChI is InChI=1S/C39H61N11O11/c40-14-2-1-8-24(45-30(51)21-42-34(56)26-10-4-18-49(26)38(60)28-12-6-15-46(28)31(52)20-41)37(59)48-17-3-9-25(48)35(57)43-22-32(53)47-16-7-13-29(47)39(61)50-19-5-11-27(50)36(58)44-23-33(54)55/h24-29H,1-23,40-41H2,(H,42,56)(H,43,57)(H,44,58)(H,45,51)(H,54,55)/t24-,25-,26-,27-,28-,29-/m0/s1. The lowest BCUT2D eigenvalue weighted by molar-refractivity contribution is -0.147. The van der Waals surface area contributed by atoms with Gasteiger partial charge in [-0.05, 0) is 90.0 Å². The average Bonchev–Trinajstić information content (AvgIpc) is 4.11. The molecule has 0 saturated carbocycles. The lowest BCUT2D eigenvalue weighted by Crippen LogP contribution is -2.56. The molecule has 0 unspecified atom stereocenters. The highest BCUT2D eigenvalue weighted by Crippen LogP contribution is 2.27. The van der Waals surface area contributed by atoms with Crippen molar-refractivity contribution in [2.45, 2.75) is 120 Å². The number of carboxylic acids is 1. The van der Waals surface area contributed by atoms with Gasteiger partial charge in [0, 0.05) is 32.7 Å². The summed E-state index contributed by atoms with van der Waals surface area (Å²) in [6.45, 7) is 0.176. The molecule has 5 aliphatic heterocycles. The summed E-state index contributed by atoms with van der Waals surface area (Å²) in [5.74, 6) is -5.61. The summed E-state index contributed by atoms with van der Waals surface area (Å²) < 4.78 is 0. The summed E-state index contributed by atoms with van der Waals surface area (Å²) >= 11 is 0. The molecule has 0 radical (unpaired) electrons. The van der Waals surface area contributed by atoms with Gasteiger partial charge in [0.05, 0.1) is 19.6 Å². The number of amides is 9. The van der Waals surface area contributed by atoms with Crippen LogP contribution in [0.3, 0.4) is 0 Å². The zero-order chi connectivity index (χ0) is 44.2. The number of unbranched alkanes of at least 4 members (excludes halogenated alkanes) is 1. The number of rotatable bonds is 18. The Morgan fingerprint density at radius 2 is 0.951 bits per heavy atom. The third-order valence-electron chi connectivity index (χ3n) is 12.2. The molecule has 22 heteroatoms. The number of carbonyl (C=O) groups is 10. The molecular weight excluding hydrogens is 798 g/mol. The van der Waals surface area contributed by atoms with Crippen molar-refractivity contribution < 1.29 is 53.1 Å². The van der Waals surface area contributed by atoms with Gasteiger partial charge in [-0.15, -0.1) is 0 Å². The molecule has 0 aliphatic carbocycles. The van der Waals surface area contributed by atoms with Gasteiger partial charge in [-0.1, -0.05) is 0 Å². The molecule has 338 valence electrons. The summed E-state index contributed by atoms with van der Waals surface area (Å²) in [4.78, 5) is 137. The maximum atomic E-state index is 14.0. The number of likely N-dealkylation sites (tertiary alicyclic amines) is 5. The fourth-order valence-electron chi connectivity index (χ4n) is 9.20. The van der Waals surface area contributed by atoms with E-state index in [4.69, 9.17) is 16.6 Å². The molecule has 9 amide bonds. The van der Waals surface area contributed by atoms with Gasteiger partial charge in [-0.25, -0.2) is 0 Å². The predicted molar refractivity (Wildman–Crippen MR) is 214 cm³/mol. The number of hydrogen-bond donors (Lipinski definition) is 7. The van der Waals surface area contributed by atoms with Crippen LogP contribution in [0.25, 0.3) is 0 Å². The van der Waals surface area contributed by atoms with Crippen molar-refractivity contribution in [3.8, 4) is 0 Å². The van der Waals surface area contributed by atoms with Crippen molar-refractivity contribution in [1.29, 1.82) is 0 Å². The smallest absolute Gasteiger partial charge is 0.322 e. The molecule has 22 nitrogen and oxygen atoms in total. The summed E-state index contributed by atoms with van der Waals surface area (Å²) in [6.07, 6.45) is 5.95. The maximum Gasteiger partial charge on any atom is 0.322 e. The van der Waals surface area contributed by atoms with Gasteiger partial charge in [0.25, 0.3) is 0 Å². The van der Waals surface area contributed by atoms with E-state index in [-0.39, 0.29) is 44.4 Å². The van der Waals surface area contributed by atoms with Gasteiger partial charge < -0.3 is 62.3 Å². The second-order valence-corrected chi connectivity index (χ2v) is 16.2. The molecule has 0 aromatic heterocycles. The van der Waals surface area contributed by atoms with E-state index >= 15 is 0 Å². The summed E-state index contributed by atoms with van der Waals surface area (Å²) in [6, 6.07) is -5.18. The van der Waals surface area contributed by atoms with E-state index in [0.29, 0.717) is 96.7 Å². The Bertz CT molecular complexity index is 1700. The van der Waals surface area contributed by atoms with E-state index in [1.807, 2.05) is 0 Å². The third-order valence-corrected chi connectivity index (χ3v) is 12.2. The van der Waals surface area contributed by atoms with E-state index in [0.717, 1.165) is 0 Å². The molecule has 0 bridgehead atoms. The molecule has 61 heavy (non-hydrogen) atoms. The quantitative estimate of drug-likeness (QED) is 0.0647. The number of carboxylic acid groups (broad SMARTS) is 1. The minimum absolute atomic E-state index is 0.215. The molecular formula is C39H61N11O11. The minimum Gasteiger partial charge on any atom is -0.480 e. The van der Waals surface area contributed by atoms with Crippen LogP contribution in [-0.4, -0.2) is 190 Å².